The number of rotatable bonds is 6. The second-order valence-corrected chi connectivity index (χ2v) is 18.4. The first-order valence-corrected chi connectivity index (χ1v) is 22.8. The molecule has 0 fully saturated rings. The van der Waals surface area contributed by atoms with Crippen molar-refractivity contribution < 1.29 is 0 Å². The molecule has 0 atom stereocenters. The molecule has 1 nitrogen and oxygen atoms in total. The summed E-state index contributed by atoms with van der Waals surface area (Å²) >= 11 is 0. The van der Waals surface area contributed by atoms with E-state index in [1.165, 1.54) is 100 Å². The quantitative estimate of drug-likeness (QED) is 0.161. The molecule has 0 amide bonds. The molecule has 3 aliphatic rings. The number of benzene rings is 10. The Labute approximate surface area is 381 Å². The van der Waals surface area contributed by atoms with Crippen LogP contribution in [0, 0.1) is 0 Å². The number of hydrogen-bond donors (Lipinski definition) is 0. The van der Waals surface area contributed by atoms with E-state index in [-0.39, 0.29) is 5.41 Å². The first kappa shape index (κ1) is 37.5. The molecule has 0 unspecified atom stereocenters. The lowest BCUT2D eigenvalue weighted by molar-refractivity contribution is 0.661. The zero-order valence-corrected chi connectivity index (χ0v) is 36.5. The molecule has 3 aliphatic carbocycles. The van der Waals surface area contributed by atoms with Gasteiger partial charge in [0.05, 0.1) is 5.41 Å². The molecule has 1 heteroatoms. The van der Waals surface area contributed by atoms with Crippen LogP contribution in [0.3, 0.4) is 0 Å². The van der Waals surface area contributed by atoms with Gasteiger partial charge in [0.1, 0.15) is 0 Å². The van der Waals surface area contributed by atoms with Crippen molar-refractivity contribution >= 4 is 17.1 Å². The monoisotopic (exact) mass is 827 g/mol. The molecule has 0 radical (unpaired) electrons. The maximum atomic E-state index is 2.60. The molecule has 306 valence electrons. The molecule has 1 spiro atoms. The summed E-state index contributed by atoms with van der Waals surface area (Å²) in [6.45, 7) is 4.86. The second kappa shape index (κ2) is 14.3. The van der Waals surface area contributed by atoms with Crippen molar-refractivity contribution in [2.45, 2.75) is 24.7 Å². The molecule has 0 saturated carbocycles. The van der Waals surface area contributed by atoms with Crippen LogP contribution in [0.2, 0.25) is 0 Å². The lowest BCUT2D eigenvalue weighted by Gasteiger charge is -2.32. The lowest BCUT2D eigenvalue weighted by atomic mass is 9.69. The molecular weight excluding hydrogens is 783 g/mol. The Morgan fingerprint density at radius 2 is 0.631 bits per heavy atom. The maximum Gasteiger partial charge on any atom is 0.0725 e. The van der Waals surface area contributed by atoms with Gasteiger partial charge in [-0.15, -0.1) is 0 Å². The third-order valence-electron chi connectivity index (χ3n) is 14.7. The Hall–Kier alpha value is -8.00. The fourth-order valence-corrected chi connectivity index (χ4v) is 11.9. The van der Waals surface area contributed by atoms with Crippen molar-refractivity contribution in [3.8, 4) is 66.8 Å². The first-order chi connectivity index (χ1) is 32.0. The molecule has 13 rings (SSSR count). The molecule has 0 aromatic heterocycles. The molecule has 0 heterocycles. The van der Waals surface area contributed by atoms with Crippen LogP contribution in [-0.4, -0.2) is 0 Å². The summed E-state index contributed by atoms with van der Waals surface area (Å²) in [5.74, 6) is 0. The minimum atomic E-state index is -0.445. The third kappa shape index (κ3) is 5.39. The largest absolute Gasteiger partial charge is 0.311 e. The lowest BCUT2D eigenvalue weighted by Crippen LogP contribution is -2.26. The van der Waals surface area contributed by atoms with Crippen LogP contribution in [0.5, 0.6) is 0 Å². The van der Waals surface area contributed by atoms with Gasteiger partial charge in [0.15, 0.2) is 0 Å². The Bertz CT molecular complexity index is 3340. The van der Waals surface area contributed by atoms with Gasteiger partial charge in [-0.1, -0.05) is 208 Å². The summed E-state index contributed by atoms with van der Waals surface area (Å²) in [7, 11) is 0. The summed E-state index contributed by atoms with van der Waals surface area (Å²) in [6.07, 6.45) is 0. The van der Waals surface area contributed by atoms with Crippen LogP contribution in [0.15, 0.2) is 237 Å². The van der Waals surface area contributed by atoms with E-state index in [9.17, 15) is 0 Å². The van der Waals surface area contributed by atoms with Crippen LogP contribution in [0.4, 0.5) is 17.1 Å². The Balaban J connectivity index is 1.02. The Kier molecular flexibility index (Phi) is 8.24. The van der Waals surface area contributed by atoms with Crippen LogP contribution in [0.1, 0.15) is 47.2 Å². The number of hydrogen-bond acceptors (Lipinski definition) is 1. The standard InChI is InChI=1S/C64H45N/c1-63(2)55-25-13-11-23-52(55)61-60-53-24-12-16-28-58(53)64(56-26-14-9-21-50(56)51-22-10-15-27-57(51)64)59(60)41-54(62(61)63)46-33-39-49(40-34-46)65(47-35-29-44(30-36-47)42-17-5-3-6-18-42)48-37-31-45(32-38-48)43-19-7-4-8-20-43/h3-41H,1-2H3. The second-order valence-electron chi connectivity index (χ2n) is 18.4. The Morgan fingerprint density at radius 3 is 1.11 bits per heavy atom. The average Bonchev–Trinajstić information content (AvgIpc) is 3.93. The van der Waals surface area contributed by atoms with Crippen LogP contribution in [-0.2, 0) is 10.8 Å². The molecular formula is C64H45N. The van der Waals surface area contributed by atoms with E-state index in [1.807, 2.05) is 0 Å². The van der Waals surface area contributed by atoms with E-state index in [4.69, 9.17) is 0 Å². The van der Waals surface area contributed by atoms with Crippen molar-refractivity contribution in [1.29, 1.82) is 0 Å². The van der Waals surface area contributed by atoms with Crippen molar-refractivity contribution in [2.75, 3.05) is 4.90 Å². The van der Waals surface area contributed by atoms with Gasteiger partial charge in [0.25, 0.3) is 0 Å². The molecule has 0 N–H and O–H groups in total. The van der Waals surface area contributed by atoms with Gasteiger partial charge in [-0.05, 0) is 143 Å². The van der Waals surface area contributed by atoms with Crippen LogP contribution < -0.4 is 4.90 Å². The molecule has 10 aromatic carbocycles. The zero-order chi connectivity index (χ0) is 43.3. The topological polar surface area (TPSA) is 3.24 Å². The summed E-state index contributed by atoms with van der Waals surface area (Å²) < 4.78 is 0. The predicted octanol–water partition coefficient (Wildman–Crippen LogP) is 16.8. The smallest absolute Gasteiger partial charge is 0.0725 e. The number of fused-ring (bicyclic) bond motifs is 14. The van der Waals surface area contributed by atoms with Gasteiger partial charge in [-0.25, -0.2) is 0 Å². The van der Waals surface area contributed by atoms with E-state index in [2.05, 4.69) is 255 Å². The van der Waals surface area contributed by atoms with Gasteiger partial charge in [0.2, 0.25) is 0 Å². The summed E-state index contributed by atoms with van der Waals surface area (Å²) in [5, 5.41) is 0. The minimum Gasteiger partial charge on any atom is -0.311 e. The van der Waals surface area contributed by atoms with Crippen molar-refractivity contribution in [2.24, 2.45) is 0 Å². The molecule has 0 aliphatic heterocycles. The molecule has 65 heavy (non-hydrogen) atoms. The highest BCUT2D eigenvalue weighted by Crippen LogP contribution is 2.67. The van der Waals surface area contributed by atoms with Crippen LogP contribution in [0.25, 0.3) is 66.8 Å². The average molecular weight is 828 g/mol. The van der Waals surface area contributed by atoms with E-state index in [0.717, 1.165) is 17.1 Å². The van der Waals surface area contributed by atoms with E-state index < -0.39 is 5.41 Å². The highest BCUT2D eigenvalue weighted by Gasteiger charge is 2.54. The van der Waals surface area contributed by atoms with Gasteiger partial charge < -0.3 is 4.90 Å². The highest BCUT2D eigenvalue weighted by atomic mass is 15.1. The summed E-state index contributed by atoms with van der Waals surface area (Å²) in [5.41, 5.74) is 26.4. The zero-order valence-electron chi connectivity index (χ0n) is 36.5. The van der Waals surface area contributed by atoms with Gasteiger partial charge in [-0.3, -0.25) is 0 Å². The fraction of sp³-hybridized carbons (Fsp3) is 0.0625. The Morgan fingerprint density at radius 1 is 0.277 bits per heavy atom. The van der Waals surface area contributed by atoms with E-state index >= 15 is 0 Å². The van der Waals surface area contributed by atoms with Crippen LogP contribution >= 0.6 is 0 Å². The van der Waals surface area contributed by atoms with E-state index in [0.29, 0.717) is 0 Å². The minimum absolute atomic E-state index is 0.224. The van der Waals surface area contributed by atoms with Crippen molar-refractivity contribution in [1.82, 2.24) is 0 Å². The summed E-state index contributed by atoms with van der Waals surface area (Å²) in [6, 6.07) is 87.9. The summed E-state index contributed by atoms with van der Waals surface area (Å²) in [4.78, 5) is 2.39. The normalized spacial score (nSPS) is 13.9. The molecule has 10 aromatic rings. The molecule has 0 bridgehead atoms. The number of nitrogens with zero attached hydrogens (tertiary/aromatic N) is 1. The number of anilines is 3. The first-order valence-electron chi connectivity index (χ1n) is 22.8. The van der Waals surface area contributed by atoms with Crippen molar-refractivity contribution in [3.05, 3.63) is 270 Å². The van der Waals surface area contributed by atoms with Gasteiger partial charge in [-0.2, -0.15) is 0 Å². The van der Waals surface area contributed by atoms with Gasteiger partial charge >= 0.3 is 0 Å². The van der Waals surface area contributed by atoms with E-state index in [1.54, 1.807) is 0 Å². The SMILES string of the molecule is CC1(C)c2ccccc2-c2c3c(cc(-c4ccc(N(c5ccc(-c6ccccc6)cc5)c5ccc(-c6ccccc6)cc5)cc4)c21)C1(c2ccccc2-c2ccccc21)c1ccccc1-3. The maximum absolute atomic E-state index is 2.60. The van der Waals surface area contributed by atoms with Crippen molar-refractivity contribution in [3.63, 3.8) is 0 Å². The third-order valence-corrected chi connectivity index (χ3v) is 14.7. The fourth-order valence-electron chi connectivity index (χ4n) is 11.9. The predicted molar refractivity (Wildman–Crippen MR) is 271 cm³/mol. The van der Waals surface area contributed by atoms with Gasteiger partial charge in [0, 0.05) is 22.5 Å². The highest BCUT2D eigenvalue weighted by molar-refractivity contribution is 6.06. The molecule has 0 saturated heterocycles.